The van der Waals surface area contributed by atoms with Crippen molar-refractivity contribution in [1.29, 1.82) is 0 Å². The van der Waals surface area contributed by atoms with E-state index in [4.69, 9.17) is 22.1 Å². The Balaban J connectivity index is 2.49. The minimum absolute atomic E-state index is 0.0267. The fourth-order valence-corrected chi connectivity index (χ4v) is 3.19. The molecule has 1 aromatic rings. The van der Waals surface area contributed by atoms with E-state index in [1.807, 2.05) is 0 Å². The molecule has 0 radical (unpaired) electrons. The number of rotatable bonds is 5. The highest BCUT2D eigenvalue weighted by Gasteiger charge is 2.42. The van der Waals surface area contributed by atoms with E-state index < -0.39 is 28.2 Å². The number of nitrogens with zero attached hydrogens (tertiary/aromatic N) is 1. The summed E-state index contributed by atoms with van der Waals surface area (Å²) in [6, 6.07) is 8.40. The molecule has 1 aliphatic rings. The van der Waals surface area contributed by atoms with Gasteiger partial charge in [-0.3, -0.25) is 10.1 Å². The summed E-state index contributed by atoms with van der Waals surface area (Å²) in [6.07, 6.45) is -0.330. The summed E-state index contributed by atoms with van der Waals surface area (Å²) in [5.74, 6) is 0. The van der Waals surface area contributed by atoms with E-state index in [9.17, 15) is 14.9 Å². The van der Waals surface area contributed by atoms with Crippen LogP contribution >= 0.6 is 11.6 Å². The van der Waals surface area contributed by atoms with E-state index in [1.54, 1.807) is 30.3 Å². The van der Waals surface area contributed by atoms with E-state index in [0.29, 0.717) is 5.56 Å². The molecular weight excluding hydrogens is 351 g/mol. The zero-order chi connectivity index (χ0) is 18.8. The van der Waals surface area contributed by atoms with Crippen molar-refractivity contribution < 1.29 is 18.8 Å². The molecular formula is C17H18ClFN2O4. The molecule has 1 atom stereocenters. The highest BCUT2D eigenvalue weighted by Crippen LogP contribution is 2.46. The summed E-state index contributed by atoms with van der Waals surface area (Å²) in [7, 11) is 0. The SMILES string of the molecule is CC(C)(CC1=C([N+](=O)[O-])C=C(c2ccccc2)C(F)(Cl)C1)OC(N)=O. The van der Waals surface area contributed by atoms with E-state index in [1.165, 1.54) is 13.8 Å². The van der Waals surface area contributed by atoms with Crippen molar-refractivity contribution >= 4 is 23.3 Å². The predicted octanol–water partition coefficient (Wildman–Crippen LogP) is 4.17. The molecule has 6 nitrogen and oxygen atoms in total. The van der Waals surface area contributed by atoms with Gasteiger partial charge in [0.25, 0.3) is 5.70 Å². The van der Waals surface area contributed by atoms with Gasteiger partial charge in [0.2, 0.25) is 5.13 Å². The Labute approximate surface area is 149 Å². The Morgan fingerprint density at radius 3 is 2.56 bits per heavy atom. The zero-order valence-corrected chi connectivity index (χ0v) is 14.5. The molecule has 25 heavy (non-hydrogen) atoms. The van der Waals surface area contributed by atoms with Crippen LogP contribution in [-0.2, 0) is 4.74 Å². The number of alkyl halides is 2. The van der Waals surface area contributed by atoms with E-state index >= 15 is 4.39 Å². The van der Waals surface area contributed by atoms with Gasteiger partial charge in [-0.15, -0.1) is 0 Å². The number of amides is 1. The van der Waals surface area contributed by atoms with Gasteiger partial charge in [-0.2, -0.15) is 0 Å². The van der Waals surface area contributed by atoms with Crippen LogP contribution in [0.3, 0.4) is 0 Å². The number of allylic oxidation sites excluding steroid dienone is 2. The largest absolute Gasteiger partial charge is 0.443 e. The molecule has 0 heterocycles. The van der Waals surface area contributed by atoms with Crippen molar-refractivity contribution in [2.75, 3.05) is 0 Å². The Morgan fingerprint density at radius 1 is 1.44 bits per heavy atom. The Kier molecular flexibility index (Phi) is 5.17. The first-order valence-electron chi connectivity index (χ1n) is 7.52. The normalized spacial score (nSPS) is 20.9. The van der Waals surface area contributed by atoms with Gasteiger partial charge in [0.1, 0.15) is 5.60 Å². The predicted molar refractivity (Wildman–Crippen MR) is 92.1 cm³/mol. The highest BCUT2D eigenvalue weighted by atomic mass is 35.5. The van der Waals surface area contributed by atoms with Gasteiger partial charge in [0.05, 0.1) is 4.92 Å². The van der Waals surface area contributed by atoms with Crippen LogP contribution in [0.15, 0.2) is 47.7 Å². The maximum atomic E-state index is 15.1. The average Bonchev–Trinajstić information content (AvgIpc) is 2.44. The van der Waals surface area contributed by atoms with Crippen LogP contribution in [-0.4, -0.2) is 21.7 Å². The smallest absolute Gasteiger partial charge is 0.405 e. The second-order valence-electron chi connectivity index (χ2n) is 6.41. The Hall–Kier alpha value is -2.41. The number of primary amides is 1. The molecule has 134 valence electrons. The molecule has 0 bridgehead atoms. The lowest BCUT2D eigenvalue weighted by Gasteiger charge is -2.30. The van der Waals surface area contributed by atoms with Gasteiger partial charge in [0.15, 0.2) is 0 Å². The molecule has 0 aliphatic heterocycles. The number of halogens is 2. The summed E-state index contributed by atoms with van der Waals surface area (Å²) in [5, 5.41) is 9.16. The van der Waals surface area contributed by atoms with Gasteiger partial charge in [-0.05, 0) is 19.4 Å². The van der Waals surface area contributed by atoms with Gasteiger partial charge in [0, 0.05) is 30.1 Å². The summed E-state index contributed by atoms with van der Waals surface area (Å²) in [6.45, 7) is 3.07. The number of nitrogens with two attached hydrogens (primary N) is 1. The Bertz CT molecular complexity index is 757. The molecule has 0 aromatic heterocycles. The fourth-order valence-electron chi connectivity index (χ4n) is 2.87. The van der Waals surface area contributed by atoms with Crippen LogP contribution in [0.5, 0.6) is 0 Å². The first-order valence-corrected chi connectivity index (χ1v) is 7.90. The summed E-state index contributed by atoms with van der Waals surface area (Å²) in [4.78, 5) is 21.8. The highest BCUT2D eigenvalue weighted by molar-refractivity contribution is 6.29. The molecule has 1 amide bonds. The van der Waals surface area contributed by atoms with Crippen LogP contribution in [0.4, 0.5) is 9.18 Å². The van der Waals surface area contributed by atoms with Gasteiger partial charge < -0.3 is 10.5 Å². The summed E-state index contributed by atoms with van der Waals surface area (Å²) >= 11 is 6.05. The van der Waals surface area contributed by atoms with E-state index in [0.717, 1.165) is 6.08 Å². The zero-order valence-electron chi connectivity index (χ0n) is 13.8. The maximum absolute atomic E-state index is 15.1. The van der Waals surface area contributed by atoms with E-state index in [2.05, 4.69) is 0 Å². The molecule has 2 N–H and O–H groups in total. The lowest BCUT2D eigenvalue weighted by molar-refractivity contribution is -0.420. The van der Waals surface area contributed by atoms with Crippen molar-refractivity contribution in [3.05, 3.63) is 63.4 Å². The standard InChI is InChI=1S/C17H18ClFN2O4/c1-16(2,25-15(20)22)9-12-10-17(18,19)13(8-14(12)21(23)24)11-6-4-3-5-7-11/h3-8H,9-10H2,1-2H3,(H2,20,22). The van der Waals surface area contributed by atoms with Crippen molar-refractivity contribution in [1.82, 2.24) is 0 Å². The molecule has 0 spiro atoms. The van der Waals surface area contributed by atoms with Gasteiger partial charge >= 0.3 is 6.09 Å². The van der Waals surface area contributed by atoms with Crippen LogP contribution in [0, 0.1) is 10.1 Å². The lowest BCUT2D eigenvalue weighted by atomic mass is 9.85. The van der Waals surface area contributed by atoms with Crippen molar-refractivity contribution in [3.8, 4) is 0 Å². The van der Waals surface area contributed by atoms with E-state index in [-0.39, 0.29) is 23.3 Å². The summed E-state index contributed by atoms with van der Waals surface area (Å²) in [5.41, 5.74) is 4.26. The number of nitro groups is 1. The quantitative estimate of drug-likeness (QED) is 0.479. The van der Waals surface area contributed by atoms with Crippen molar-refractivity contribution in [3.63, 3.8) is 0 Å². The van der Waals surface area contributed by atoms with Crippen LogP contribution in [0.1, 0.15) is 32.3 Å². The molecule has 0 saturated carbocycles. The van der Waals surface area contributed by atoms with Crippen molar-refractivity contribution in [2.45, 2.75) is 37.4 Å². The first-order chi connectivity index (χ1) is 11.5. The first kappa shape index (κ1) is 18.9. The molecule has 2 rings (SSSR count). The monoisotopic (exact) mass is 368 g/mol. The van der Waals surface area contributed by atoms with Gasteiger partial charge in [-0.25, -0.2) is 9.18 Å². The molecule has 1 aliphatic carbocycles. The molecule has 0 fully saturated rings. The third-order valence-corrected chi connectivity index (χ3v) is 4.11. The number of ether oxygens (including phenoxy) is 1. The van der Waals surface area contributed by atoms with Crippen LogP contribution in [0.2, 0.25) is 0 Å². The number of carbonyl (C=O) groups excluding carboxylic acids is 1. The summed E-state index contributed by atoms with van der Waals surface area (Å²) < 4.78 is 20.0. The molecule has 1 aromatic carbocycles. The minimum Gasteiger partial charge on any atom is -0.443 e. The average molecular weight is 369 g/mol. The second-order valence-corrected chi connectivity index (χ2v) is 7.01. The Morgan fingerprint density at radius 2 is 2.04 bits per heavy atom. The topological polar surface area (TPSA) is 95.5 Å². The number of hydrogen-bond acceptors (Lipinski definition) is 4. The number of benzene rings is 1. The fraction of sp³-hybridized carbons (Fsp3) is 0.353. The molecule has 8 heteroatoms. The number of carbonyl (C=O) groups is 1. The van der Waals surface area contributed by atoms with Crippen molar-refractivity contribution in [2.24, 2.45) is 5.73 Å². The molecule has 0 saturated heterocycles. The van der Waals surface area contributed by atoms with Gasteiger partial charge in [-0.1, -0.05) is 41.9 Å². The molecule has 1 unspecified atom stereocenters. The minimum atomic E-state index is -2.31. The van der Waals surface area contributed by atoms with Crippen LogP contribution in [0.25, 0.3) is 5.57 Å². The third kappa shape index (κ3) is 4.57. The number of hydrogen-bond donors (Lipinski definition) is 1. The van der Waals surface area contributed by atoms with Crippen LogP contribution < -0.4 is 5.73 Å². The lowest BCUT2D eigenvalue weighted by Crippen LogP contribution is -2.34. The maximum Gasteiger partial charge on any atom is 0.405 e. The third-order valence-electron chi connectivity index (χ3n) is 3.77. The second kappa shape index (κ2) is 6.84.